The van der Waals surface area contributed by atoms with Crippen molar-refractivity contribution in [3.05, 3.63) is 23.8 Å². The second kappa shape index (κ2) is 5.35. The van der Waals surface area contributed by atoms with Gasteiger partial charge in [-0.1, -0.05) is 5.16 Å². The van der Waals surface area contributed by atoms with Crippen LogP contribution in [0, 0.1) is 0 Å². The van der Waals surface area contributed by atoms with Crippen LogP contribution in [-0.4, -0.2) is 37.1 Å². The number of oxime groups is 1. The summed E-state index contributed by atoms with van der Waals surface area (Å²) < 4.78 is 49.0. The lowest BCUT2D eigenvalue weighted by Crippen LogP contribution is -2.18. The van der Waals surface area contributed by atoms with Crippen LogP contribution < -0.4 is 9.47 Å². The fourth-order valence-electron chi connectivity index (χ4n) is 1.57. The molecule has 0 fully saturated rings. The SMILES string of the molecule is ON=C1COc2cc(OCCOC(F)(F)F)ccc21. The van der Waals surface area contributed by atoms with Crippen molar-refractivity contribution in [2.45, 2.75) is 6.36 Å². The van der Waals surface area contributed by atoms with Crippen LogP contribution in [0.3, 0.4) is 0 Å². The molecule has 1 aromatic carbocycles. The van der Waals surface area contributed by atoms with Crippen molar-refractivity contribution in [1.82, 2.24) is 0 Å². The molecule has 0 atom stereocenters. The second-order valence-corrected chi connectivity index (χ2v) is 3.64. The smallest absolute Gasteiger partial charge is 0.491 e. The zero-order chi connectivity index (χ0) is 13.9. The summed E-state index contributed by atoms with van der Waals surface area (Å²) in [5.74, 6) is 0.811. The summed E-state index contributed by atoms with van der Waals surface area (Å²) >= 11 is 0. The Morgan fingerprint density at radius 3 is 2.79 bits per heavy atom. The van der Waals surface area contributed by atoms with E-state index in [9.17, 15) is 13.2 Å². The zero-order valence-electron chi connectivity index (χ0n) is 9.61. The van der Waals surface area contributed by atoms with Crippen LogP contribution in [0.1, 0.15) is 5.56 Å². The Morgan fingerprint density at radius 1 is 1.32 bits per heavy atom. The second-order valence-electron chi connectivity index (χ2n) is 3.64. The molecule has 1 aromatic rings. The maximum absolute atomic E-state index is 11.7. The van der Waals surface area contributed by atoms with Gasteiger partial charge in [0.05, 0.1) is 6.61 Å². The Hall–Kier alpha value is -1.96. The number of ether oxygens (including phenoxy) is 3. The van der Waals surface area contributed by atoms with Gasteiger partial charge >= 0.3 is 6.36 Å². The third-order valence-corrected chi connectivity index (χ3v) is 2.37. The molecule has 0 amide bonds. The van der Waals surface area contributed by atoms with Gasteiger partial charge in [-0.25, -0.2) is 0 Å². The fraction of sp³-hybridized carbons (Fsp3) is 0.364. The highest BCUT2D eigenvalue weighted by atomic mass is 19.4. The number of halogens is 3. The van der Waals surface area contributed by atoms with Gasteiger partial charge in [0.1, 0.15) is 30.4 Å². The normalized spacial score (nSPS) is 16.3. The summed E-state index contributed by atoms with van der Waals surface area (Å²) in [5, 5.41) is 11.8. The first kappa shape index (κ1) is 13.5. The van der Waals surface area contributed by atoms with E-state index in [2.05, 4.69) is 9.89 Å². The number of fused-ring (bicyclic) bond motifs is 1. The number of hydrogen-bond donors (Lipinski definition) is 1. The summed E-state index contributed by atoms with van der Waals surface area (Å²) in [6.45, 7) is -0.684. The minimum absolute atomic E-state index is 0.145. The van der Waals surface area contributed by atoms with Crippen molar-refractivity contribution in [3.63, 3.8) is 0 Å². The minimum atomic E-state index is -4.66. The van der Waals surface area contributed by atoms with Gasteiger partial charge in [0.2, 0.25) is 0 Å². The largest absolute Gasteiger partial charge is 0.522 e. The Bertz CT molecular complexity index is 487. The van der Waals surface area contributed by atoms with E-state index in [1.807, 2.05) is 0 Å². The first-order valence-electron chi connectivity index (χ1n) is 5.31. The van der Waals surface area contributed by atoms with Crippen molar-refractivity contribution >= 4 is 5.71 Å². The monoisotopic (exact) mass is 277 g/mol. The average molecular weight is 277 g/mol. The molecule has 2 rings (SSSR count). The highest BCUT2D eigenvalue weighted by Crippen LogP contribution is 2.29. The summed E-state index contributed by atoms with van der Waals surface area (Å²) in [7, 11) is 0. The maximum atomic E-state index is 11.7. The molecule has 0 bridgehead atoms. The van der Waals surface area contributed by atoms with Gasteiger partial charge in [-0.3, -0.25) is 4.74 Å². The number of nitrogens with zero attached hydrogens (tertiary/aromatic N) is 1. The lowest BCUT2D eigenvalue weighted by atomic mass is 10.1. The van der Waals surface area contributed by atoms with E-state index in [0.29, 0.717) is 22.8 Å². The fourth-order valence-corrected chi connectivity index (χ4v) is 1.57. The first-order valence-corrected chi connectivity index (χ1v) is 5.31. The molecule has 0 unspecified atom stereocenters. The summed E-state index contributed by atoms with van der Waals surface area (Å²) in [4.78, 5) is 0. The molecule has 0 spiro atoms. The minimum Gasteiger partial charge on any atom is -0.491 e. The lowest BCUT2D eigenvalue weighted by molar-refractivity contribution is -0.325. The topological polar surface area (TPSA) is 60.3 Å². The molecule has 0 aromatic heterocycles. The Balaban J connectivity index is 1.90. The van der Waals surface area contributed by atoms with Gasteiger partial charge in [0.15, 0.2) is 0 Å². The molecule has 0 saturated heterocycles. The molecule has 1 aliphatic heterocycles. The highest BCUT2D eigenvalue weighted by Gasteiger charge is 2.28. The summed E-state index contributed by atoms with van der Waals surface area (Å²) in [6, 6.07) is 4.67. The molecule has 5 nitrogen and oxygen atoms in total. The van der Waals surface area contributed by atoms with Crippen molar-refractivity contribution in [2.75, 3.05) is 19.8 Å². The molecule has 104 valence electrons. The van der Waals surface area contributed by atoms with Crippen molar-refractivity contribution < 1.29 is 32.6 Å². The molecular weight excluding hydrogens is 267 g/mol. The van der Waals surface area contributed by atoms with Crippen molar-refractivity contribution in [1.29, 1.82) is 0 Å². The molecule has 0 radical (unpaired) electrons. The third kappa shape index (κ3) is 3.50. The Labute approximate surface area is 106 Å². The van der Waals surface area contributed by atoms with E-state index in [1.165, 1.54) is 6.07 Å². The zero-order valence-corrected chi connectivity index (χ0v) is 9.61. The molecule has 1 aliphatic rings. The van der Waals surface area contributed by atoms with Gasteiger partial charge < -0.3 is 14.7 Å². The summed E-state index contributed by atoms with van der Waals surface area (Å²) in [6.07, 6.45) is -4.66. The predicted octanol–water partition coefficient (Wildman–Crippen LogP) is 2.17. The number of hydrogen-bond acceptors (Lipinski definition) is 5. The van der Waals surface area contributed by atoms with Crippen LogP contribution in [0.15, 0.2) is 23.4 Å². The Morgan fingerprint density at radius 2 is 2.11 bits per heavy atom. The maximum Gasteiger partial charge on any atom is 0.522 e. The van der Waals surface area contributed by atoms with E-state index >= 15 is 0 Å². The number of benzene rings is 1. The van der Waals surface area contributed by atoms with Gasteiger partial charge in [0.25, 0.3) is 0 Å². The van der Waals surface area contributed by atoms with Crippen LogP contribution in [0.25, 0.3) is 0 Å². The van der Waals surface area contributed by atoms with Crippen LogP contribution >= 0.6 is 0 Å². The van der Waals surface area contributed by atoms with E-state index in [0.717, 1.165) is 0 Å². The molecule has 0 aliphatic carbocycles. The van der Waals surface area contributed by atoms with Crippen molar-refractivity contribution in [3.8, 4) is 11.5 Å². The number of alkyl halides is 3. The van der Waals surface area contributed by atoms with Crippen LogP contribution in [0.5, 0.6) is 11.5 Å². The molecular formula is C11H10F3NO4. The molecule has 1 heterocycles. The average Bonchev–Trinajstić information content (AvgIpc) is 2.75. The van der Waals surface area contributed by atoms with Gasteiger partial charge in [-0.2, -0.15) is 0 Å². The van der Waals surface area contributed by atoms with E-state index < -0.39 is 13.0 Å². The molecule has 8 heteroatoms. The van der Waals surface area contributed by atoms with Crippen LogP contribution in [0.4, 0.5) is 13.2 Å². The molecule has 1 N–H and O–H groups in total. The standard InChI is InChI=1S/C11H10F3NO4/c12-11(13,14)19-4-3-17-7-1-2-8-9(15-16)6-18-10(8)5-7/h1-2,5,16H,3-4,6H2. The van der Waals surface area contributed by atoms with Crippen LogP contribution in [0.2, 0.25) is 0 Å². The first-order chi connectivity index (χ1) is 8.99. The van der Waals surface area contributed by atoms with E-state index in [-0.39, 0.29) is 13.2 Å². The van der Waals surface area contributed by atoms with Crippen LogP contribution in [-0.2, 0) is 4.74 Å². The van der Waals surface area contributed by atoms with E-state index in [1.54, 1.807) is 12.1 Å². The van der Waals surface area contributed by atoms with E-state index in [4.69, 9.17) is 14.7 Å². The van der Waals surface area contributed by atoms with Crippen molar-refractivity contribution in [2.24, 2.45) is 5.16 Å². The van der Waals surface area contributed by atoms with Gasteiger partial charge in [-0.05, 0) is 12.1 Å². The highest BCUT2D eigenvalue weighted by molar-refractivity contribution is 6.05. The number of rotatable bonds is 4. The summed E-state index contributed by atoms with van der Waals surface area (Å²) in [5.41, 5.74) is 1.02. The molecule has 0 saturated carbocycles. The lowest BCUT2D eigenvalue weighted by Gasteiger charge is -2.09. The predicted molar refractivity (Wildman–Crippen MR) is 57.8 cm³/mol. The quantitative estimate of drug-likeness (QED) is 0.520. The molecule has 19 heavy (non-hydrogen) atoms. The Kier molecular flexibility index (Phi) is 3.79. The van der Waals surface area contributed by atoms with Gasteiger partial charge in [-0.15, -0.1) is 13.2 Å². The van der Waals surface area contributed by atoms with Gasteiger partial charge in [0, 0.05) is 11.6 Å². The third-order valence-electron chi connectivity index (χ3n) is 2.37.